The zero-order valence-electron chi connectivity index (χ0n) is 15.2. The lowest BCUT2D eigenvalue weighted by Gasteiger charge is -2.35. The van der Waals surface area contributed by atoms with E-state index in [0.29, 0.717) is 17.7 Å². The summed E-state index contributed by atoms with van der Waals surface area (Å²) in [5, 5.41) is 10.2. The van der Waals surface area contributed by atoms with Crippen LogP contribution in [0, 0.1) is 0 Å². The molecule has 1 aliphatic rings. The van der Waals surface area contributed by atoms with Crippen molar-refractivity contribution in [2.24, 2.45) is 0 Å². The molecule has 27 heavy (non-hydrogen) atoms. The van der Waals surface area contributed by atoms with E-state index in [1.165, 1.54) is 5.56 Å². The van der Waals surface area contributed by atoms with Crippen molar-refractivity contribution in [2.45, 2.75) is 31.1 Å². The van der Waals surface area contributed by atoms with Crippen LogP contribution in [0.3, 0.4) is 0 Å². The van der Waals surface area contributed by atoms with Gasteiger partial charge in [0.25, 0.3) is 0 Å². The zero-order valence-corrected chi connectivity index (χ0v) is 15.2. The first-order chi connectivity index (χ1) is 13.2. The van der Waals surface area contributed by atoms with E-state index in [1.807, 2.05) is 30.3 Å². The number of nitrogens with zero attached hydrogens (tertiary/aromatic N) is 2. The van der Waals surface area contributed by atoms with Crippen molar-refractivity contribution in [3.8, 4) is 5.75 Å². The Morgan fingerprint density at radius 1 is 1.22 bits per heavy atom. The highest BCUT2D eigenvalue weighted by Gasteiger charge is 2.34. The van der Waals surface area contributed by atoms with E-state index in [9.17, 15) is 4.79 Å². The molecule has 2 heterocycles. The number of pyridine rings is 1. The number of H-pyrrole nitrogens is 1. The number of hydrogen-bond acceptors (Lipinski definition) is 4. The average Bonchev–Trinajstić information content (AvgIpc) is 3.09. The average molecular weight is 362 g/mol. The van der Waals surface area contributed by atoms with Crippen LogP contribution >= 0.6 is 0 Å². The summed E-state index contributed by atoms with van der Waals surface area (Å²) in [7, 11) is 1.71. The molecular formula is C21H22N4O2. The molecule has 0 radical (unpaired) electrons. The SMILES string of the molecule is COc1ccccc1C1CC(c2cc(NC(=O)Cc3cccnc3)n[nH]2)C1. The number of para-hydroxylation sites is 1. The highest BCUT2D eigenvalue weighted by molar-refractivity contribution is 5.91. The Labute approximate surface area is 158 Å². The quantitative estimate of drug-likeness (QED) is 0.701. The van der Waals surface area contributed by atoms with Crippen LogP contribution < -0.4 is 10.1 Å². The highest BCUT2D eigenvalue weighted by Crippen LogP contribution is 2.49. The predicted octanol–water partition coefficient (Wildman–Crippen LogP) is 3.66. The van der Waals surface area contributed by atoms with E-state index in [2.05, 4.69) is 32.6 Å². The number of anilines is 1. The third kappa shape index (κ3) is 3.84. The van der Waals surface area contributed by atoms with E-state index >= 15 is 0 Å². The van der Waals surface area contributed by atoms with Crippen molar-refractivity contribution < 1.29 is 9.53 Å². The molecule has 6 nitrogen and oxygen atoms in total. The lowest BCUT2D eigenvalue weighted by molar-refractivity contribution is -0.115. The van der Waals surface area contributed by atoms with Crippen LogP contribution in [0.25, 0.3) is 0 Å². The molecule has 2 aromatic heterocycles. The fourth-order valence-corrected chi connectivity index (χ4v) is 3.61. The van der Waals surface area contributed by atoms with Crippen LogP contribution in [0.5, 0.6) is 5.75 Å². The van der Waals surface area contributed by atoms with Crippen LogP contribution in [-0.2, 0) is 11.2 Å². The van der Waals surface area contributed by atoms with Crippen molar-refractivity contribution in [3.05, 3.63) is 71.7 Å². The summed E-state index contributed by atoms with van der Waals surface area (Å²) in [4.78, 5) is 16.2. The third-order valence-electron chi connectivity index (χ3n) is 5.11. The largest absolute Gasteiger partial charge is 0.496 e. The van der Waals surface area contributed by atoms with Gasteiger partial charge in [0.1, 0.15) is 5.75 Å². The molecule has 0 bridgehead atoms. The number of benzene rings is 1. The predicted molar refractivity (Wildman–Crippen MR) is 103 cm³/mol. The Kier molecular flexibility index (Phi) is 4.87. The number of ether oxygens (including phenoxy) is 1. The molecule has 0 spiro atoms. The van der Waals surface area contributed by atoms with Crippen molar-refractivity contribution in [2.75, 3.05) is 12.4 Å². The van der Waals surface area contributed by atoms with E-state index in [-0.39, 0.29) is 12.3 Å². The summed E-state index contributed by atoms with van der Waals surface area (Å²) in [6.07, 6.45) is 5.77. The van der Waals surface area contributed by atoms with Crippen LogP contribution in [0.15, 0.2) is 54.9 Å². The van der Waals surface area contributed by atoms with Gasteiger partial charge in [-0.05, 0) is 42.0 Å². The standard InChI is InChI=1S/C21H22N4O2/c1-27-19-7-3-2-6-17(19)15-10-16(11-15)18-12-20(25-24-18)23-21(26)9-14-5-4-8-22-13-14/h2-8,12-13,15-16H,9-11H2,1H3,(H2,23,24,25,26). The summed E-state index contributed by atoms with van der Waals surface area (Å²) < 4.78 is 5.47. The Hall–Kier alpha value is -3.15. The van der Waals surface area contributed by atoms with E-state index in [1.54, 1.807) is 19.5 Å². The number of carbonyl (C=O) groups excluding carboxylic acids is 1. The molecule has 0 atom stereocenters. The minimum atomic E-state index is -0.0958. The van der Waals surface area contributed by atoms with Gasteiger partial charge in [0.15, 0.2) is 5.82 Å². The van der Waals surface area contributed by atoms with Crippen molar-refractivity contribution >= 4 is 11.7 Å². The van der Waals surface area contributed by atoms with Gasteiger partial charge in [0, 0.05) is 30.1 Å². The van der Waals surface area contributed by atoms with Gasteiger partial charge in [-0.3, -0.25) is 14.9 Å². The van der Waals surface area contributed by atoms with Gasteiger partial charge in [-0.15, -0.1) is 0 Å². The maximum atomic E-state index is 12.1. The highest BCUT2D eigenvalue weighted by atomic mass is 16.5. The zero-order chi connectivity index (χ0) is 18.6. The molecule has 1 amide bonds. The van der Waals surface area contributed by atoms with E-state index < -0.39 is 0 Å². The fraction of sp³-hybridized carbons (Fsp3) is 0.286. The Morgan fingerprint density at radius 3 is 2.85 bits per heavy atom. The molecule has 1 aliphatic carbocycles. The number of amides is 1. The first-order valence-electron chi connectivity index (χ1n) is 9.10. The van der Waals surface area contributed by atoms with E-state index in [0.717, 1.165) is 29.8 Å². The van der Waals surface area contributed by atoms with Gasteiger partial charge in [0.2, 0.25) is 5.91 Å². The molecule has 1 saturated carbocycles. The number of hydrogen-bond donors (Lipinski definition) is 2. The second kappa shape index (κ2) is 7.61. The minimum absolute atomic E-state index is 0.0958. The van der Waals surface area contributed by atoms with Gasteiger partial charge in [-0.25, -0.2) is 0 Å². The molecule has 1 aromatic carbocycles. The monoisotopic (exact) mass is 362 g/mol. The molecule has 0 aliphatic heterocycles. The van der Waals surface area contributed by atoms with Crippen molar-refractivity contribution in [3.63, 3.8) is 0 Å². The summed E-state index contributed by atoms with van der Waals surface area (Å²) in [5.41, 5.74) is 3.21. The van der Waals surface area contributed by atoms with Crippen LogP contribution in [0.1, 0.15) is 41.5 Å². The topological polar surface area (TPSA) is 79.9 Å². The van der Waals surface area contributed by atoms with Gasteiger partial charge >= 0.3 is 0 Å². The molecule has 6 heteroatoms. The molecule has 2 N–H and O–H groups in total. The molecule has 0 unspecified atom stereocenters. The molecule has 138 valence electrons. The van der Waals surface area contributed by atoms with Gasteiger partial charge in [0.05, 0.1) is 13.5 Å². The molecule has 0 saturated heterocycles. The first-order valence-corrected chi connectivity index (χ1v) is 9.10. The molecule has 1 fully saturated rings. The second-order valence-electron chi connectivity index (χ2n) is 6.90. The minimum Gasteiger partial charge on any atom is -0.496 e. The van der Waals surface area contributed by atoms with Gasteiger partial charge in [-0.2, -0.15) is 5.10 Å². The normalized spacial score (nSPS) is 18.6. The van der Waals surface area contributed by atoms with Gasteiger partial charge in [-0.1, -0.05) is 24.3 Å². The number of rotatable bonds is 6. The van der Waals surface area contributed by atoms with Crippen LogP contribution in [0.4, 0.5) is 5.82 Å². The summed E-state index contributed by atoms with van der Waals surface area (Å²) >= 11 is 0. The number of aromatic amines is 1. The fourth-order valence-electron chi connectivity index (χ4n) is 3.61. The molecule has 4 rings (SSSR count). The maximum Gasteiger partial charge on any atom is 0.230 e. The summed E-state index contributed by atoms with van der Waals surface area (Å²) in [6.45, 7) is 0. The molecular weight excluding hydrogens is 340 g/mol. The Balaban J connectivity index is 1.33. The summed E-state index contributed by atoms with van der Waals surface area (Å²) in [5.74, 6) is 2.35. The van der Waals surface area contributed by atoms with E-state index in [4.69, 9.17) is 4.74 Å². The van der Waals surface area contributed by atoms with Crippen molar-refractivity contribution in [1.29, 1.82) is 0 Å². The third-order valence-corrected chi connectivity index (χ3v) is 5.11. The van der Waals surface area contributed by atoms with Gasteiger partial charge < -0.3 is 10.1 Å². The summed E-state index contributed by atoms with van der Waals surface area (Å²) in [6, 6.07) is 13.8. The first kappa shape index (κ1) is 17.3. The lowest BCUT2D eigenvalue weighted by Crippen LogP contribution is -2.21. The van der Waals surface area contributed by atoms with Crippen LogP contribution in [-0.4, -0.2) is 28.2 Å². The number of carbonyl (C=O) groups is 1. The lowest BCUT2D eigenvalue weighted by atomic mass is 9.70. The van der Waals surface area contributed by atoms with Crippen LogP contribution in [0.2, 0.25) is 0 Å². The second-order valence-corrected chi connectivity index (χ2v) is 6.90. The number of methoxy groups -OCH3 is 1. The Morgan fingerprint density at radius 2 is 2.07 bits per heavy atom. The number of nitrogens with one attached hydrogen (secondary N) is 2. The maximum absolute atomic E-state index is 12.1. The number of aromatic nitrogens is 3. The smallest absolute Gasteiger partial charge is 0.230 e. The molecule has 3 aromatic rings. The Bertz CT molecular complexity index is 917. The van der Waals surface area contributed by atoms with Crippen molar-refractivity contribution in [1.82, 2.24) is 15.2 Å².